The van der Waals surface area contributed by atoms with Crippen molar-refractivity contribution in [1.29, 1.82) is 0 Å². The third-order valence-corrected chi connectivity index (χ3v) is 4.79. The molecule has 136 valence electrons. The molecule has 3 aromatic carbocycles. The Bertz CT molecular complexity index is 1340. The maximum Gasteiger partial charge on any atom is 0.347 e. The average Bonchev–Trinajstić information content (AvgIpc) is 2.73. The van der Waals surface area contributed by atoms with E-state index in [9.17, 15) is 4.79 Å². The second-order valence-electron chi connectivity index (χ2n) is 6.59. The Morgan fingerprint density at radius 2 is 1.29 bits per heavy atom. The van der Waals surface area contributed by atoms with Crippen LogP contribution in [0.4, 0.5) is 0 Å². The van der Waals surface area contributed by atoms with E-state index >= 15 is 0 Å². The van der Waals surface area contributed by atoms with Gasteiger partial charge in [-0.2, -0.15) is 0 Å². The van der Waals surface area contributed by atoms with Crippen LogP contribution in [0.1, 0.15) is 0 Å². The Labute approximate surface area is 160 Å². The number of hydrogen-bond acceptors (Lipinski definition) is 3. The van der Waals surface area contributed by atoms with Gasteiger partial charge in [-0.25, -0.2) is 0 Å². The first-order valence-corrected chi connectivity index (χ1v) is 8.94. The van der Waals surface area contributed by atoms with E-state index in [0.29, 0.717) is 16.9 Å². The minimum Gasteiger partial charge on any atom is -0.497 e. The zero-order valence-electron chi connectivity index (χ0n) is 15.2. The number of methoxy groups -OCH3 is 1. The van der Waals surface area contributed by atoms with Crippen molar-refractivity contribution < 1.29 is 18.4 Å². The highest BCUT2D eigenvalue weighted by Crippen LogP contribution is 2.35. The zero-order chi connectivity index (χ0) is 19.1. The lowest BCUT2D eigenvalue weighted by molar-refractivity contribution is 0.415. The smallest absolute Gasteiger partial charge is 0.347 e. The summed E-state index contributed by atoms with van der Waals surface area (Å²) in [7, 11) is 1.64. The normalized spacial score (nSPS) is 11.2. The minimum absolute atomic E-state index is 0.0957. The van der Waals surface area contributed by atoms with Gasteiger partial charge in [0.1, 0.15) is 28.4 Å². The zero-order valence-corrected chi connectivity index (χ0v) is 15.2. The highest BCUT2D eigenvalue weighted by atomic mass is 16.5. The summed E-state index contributed by atoms with van der Waals surface area (Å²) in [5, 5.41) is 1.82. The molecule has 0 aliphatic carbocycles. The second kappa shape index (κ2) is 6.43. The lowest BCUT2D eigenvalue weighted by Gasteiger charge is -2.10. The van der Waals surface area contributed by atoms with Gasteiger partial charge in [-0.1, -0.05) is 30.3 Å². The van der Waals surface area contributed by atoms with Crippen LogP contribution in [0.3, 0.4) is 0 Å². The fraction of sp³-hybridized carbons (Fsp3) is 0.0417. The molecule has 28 heavy (non-hydrogen) atoms. The lowest BCUT2D eigenvalue weighted by atomic mass is 10.0. The predicted molar refractivity (Wildman–Crippen MR) is 108 cm³/mol. The summed E-state index contributed by atoms with van der Waals surface area (Å²) in [6.45, 7) is 0. The first-order valence-electron chi connectivity index (χ1n) is 8.94. The molecule has 5 rings (SSSR count). The summed E-state index contributed by atoms with van der Waals surface area (Å²) >= 11 is 0. The maximum atomic E-state index is 10.2. The first-order chi connectivity index (χ1) is 13.7. The van der Waals surface area contributed by atoms with Gasteiger partial charge in [-0.3, -0.25) is 4.79 Å². The fourth-order valence-electron chi connectivity index (χ4n) is 3.43. The quantitative estimate of drug-likeness (QED) is 0.393. The molecule has 0 fully saturated rings. The van der Waals surface area contributed by atoms with E-state index in [-0.39, 0.29) is 5.43 Å². The first kappa shape index (κ1) is 16.4. The summed E-state index contributed by atoms with van der Waals surface area (Å²) in [4.78, 5) is 10.2. The molecule has 4 heteroatoms. The van der Waals surface area contributed by atoms with Crippen LogP contribution >= 0.6 is 0 Å². The van der Waals surface area contributed by atoms with Gasteiger partial charge < -0.3 is 13.6 Å². The summed E-state index contributed by atoms with van der Waals surface area (Å²) in [5.74, 6) is 2.21. The van der Waals surface area contributed by atoms with Crippen molar-refractivity contribution >= 4 is 21.9 Å². The number of rotatable bonds is 3. The van der Waals surface area contributed by atoms with E-state index in [2.05, 4.69) is 0 Å². The molecule has 0 bridgehead atoms. The van der Waals surface area contributed by atoms with Gasteiger partial charge in [0.15, 0.2) is 0 Å². The van der Waals surface area contributed by atoms with E-state index in [1.807, 2.05) is 66.7 Å². The lowest BCUT2D eigenvalue weighted by Crippen LogP contribution is -1.99. The molecule has 5 aromatic rings. The molecule has 0 spiro atoms. The van der Waals surface area contributed by atoms with Gasteiger partial charge in [0, 0.05) is 11.1 Å². The van der Waals surface area contributed by atoms with Crippen molar-refractivity contribution in [2.45, 2.75) is 0 Å². The fourth-order valence-corrected chi connectivity index (χ4v) is 3.43. The largest absolute Gasteiger partial charge is 0.497 e. The highest BCUT2D eigenvalue weighted by molar-refractivity contribution is 6.07. The van der Waals surface area contributed by atoms with Gasteiger partial charge in [-0.05, 0) is 41.8 Å². The van der Waals surface area contributed by atoms with Gasteiger partial charge in [0.2, 0.25) is 0 Å². The molecule has 0 saturated heterocycles. The van der Waals surface area contributed by atoms with E-state index in [1.165, 1.54) is 0 Å². The number of benzene rings is 3. The Balaban J connectivity index is 1.79. The SMILES string of the molecule is COc1ccc(-c2cc3cc(-c4ccccc4)oc4cc(=[OH+])cc(o2)c34)cc1. The number of hydrogen-bond donors (Lipinski definition) is 0. The van der Waals surface area contributed by atoms with Gasteiger partial charge in [0.05, 0.1) is 24.6 Å². The summed E-state index contributed by atoms with van der Waals surface area (Å²) in [6, 6.07) is 24.8. The third kappa shape index (κ3) is 2.76. The molecule has 4 nitrogen and oxygen atoms in total. The monoisotopic (exact) mass is 369 g/mol. The average molecular weight is 369 g/mol. The number of ether oxygens (including phenoxy) is 1. The maximum absolute atomic E-state index is 10.2. The van der Waals surface area contributed by atoms with Crippen LogP contribution in [0.15, 0.2) is 87.7 Å². The van der Waals surface area contributed by atoms with E-state index < -0.39 is 0 Å². The molecular formula is C24H17O4+. The molecule has 2 heterocycles. The second-order valence-corrected chi connectivity index (χ2v) is 6.59. The van der Waals surface area contributed by atoms with Crippen LogP contribution in [-0.4, -0.2) is 11.9 Å². The Kier molecular flexibility index (Phi) is 3.76. The Morgan fingerprint density at radius 1 is 0.714 bits per heavy atom. The van der Waals surface area contributed by atoms with Gasteiger partial charge in [-0.15, -0.1) is 0 Å². The predicted octanol–water partition coefficient (Wildman–Crippen LogP) is 5.53. The van der Waals surface area contributed by atoms with E-state index in [1.54, 1.807) is 19.2 Å². The standard InChI is InChI=1S/C24H16O4/c1-26-19-9-7-16(8-10-19)21-12-17-11-20(15-5-3-2-4-6-15)27-22-13-18(25)14-23(28-21)24(17)22/h2-14H,1H3/p+1. The van der Waals surface area contributed by atoms with Crippen LogP contribution < -0.4 is 10.2 Å². The molecule has 0 aliphatic rings. The topological polar surface area (TPSA) is 56.9 Å². The Hall–Kier alpha value is -3.79. The summed E-state index contributed by atoms with van der Waals surface area (Å²) < 4.78 is 17.4. The van der Waals surface area contributed by atoms with Crippen molar-refractivity contribution in [2.24, 2.45) is 0 Å². The third-order valence-electron chi connectivity index (χ3n) is 4.79. The van der Waals surface area contributed by atoms with Crippen molar-refractivity contribution in [3.63, 3.8) is 0 Å². The van der Waals surface area contributed by atoms with Gasteiger partial charge in [0.25, 0.3) is 0 Å². The van der Waals surface area contributed by atoms with Crippen LogP contribution in [0, 0.1) is 0 Å². The van der Waals surface area contributed by atoms with Crippen LogP contribution in [0.25, 0.3) is 44.6 Å². The molecule has 0 unspecified atom stereocenters. The molecule has 0 aliphatic heterocycles. The molecular weight excluding hydrogens is 352 g/mol. The van der Waals surface area contributed by atoms with Crippen molar-refractivity contribution in [3.05, 3.63) is 84.3 Å². The highest BCUT2D eigenvalue weighted by Gasteiger charge is 2.15. The van der Waals surface area contributed by atoms with Crippen molar-refractivity contribution in [1.82, 2.24) is 0 Å². The summed E-state index contributed by atoms with van der Waals surface area (Å²) in [6.07, 6.45) is 0. The molecule has 2 aromatic heterocycles. The molecule has 0 radical (unpaired) electrons. The van der Waals surface area contributed by atoms with E-state index in [0.717, 1.165) is 33.4 Å². The molecule has 0 atom stereocenters. The van der Waals surface area contributed by atoms with Crippen molar-refractivity contribution in [2.75, 3.05) is 7.11 Å². The van der Waals surface area contributed by atoms with Crippen molar-refractivity contribution in [3.8, 4) is 28.4 Å². The van der Waals surface area contributed by atoms with Crippen LogP contribution in [-0.2, 0) is 0 Å². The van der Waals surface area contributed by atoms with Gasteiger partial charge >= 0.3 is 5.43 Å². The molecule has 0 amide bonds. The van der Waals surface area contributed by atoms with Crippen LogP contribution in [0.5, 0.6) is 5.75 Å². The molecule has 0 saturated carbocycles. The van der Waals surface area contributed by atoms with Crippen LogP contribution in [0.2, 0.25) is 0 Å². The molecule has 1 N–H and O–H groups in total. The minimum atomic E-state index is 0.0957. The Morgan fingerprint density at radius 3 is 1.86 bits per heavy atom. The van der Waals surface area contributed by atoms with E-state index in [4.69, 9.17) is 13.6 Å². The summed E-state index contributed by atoms with van der Waals surface area (Å²) in [5.41, 5.74) is 3.14.